The third-order valence-electron chi connectivity index (χ3n) is 5.94. The molecular weight excluding hydrogens is 358 g/mol. The molecule has 7 nitrogen and oxygen atoms in total. The van der Waals surface area contributed by atoms with Crippen molar-refractivity contribution < 1.29 is 14.8 Å². The van der Waals surface area contributed by atoms with Gasteiger partial charge >= 0.3 is 0 Å². The molecule has 2 aliphatic heterocycles. The van der Waals surface area contributed by atoms with Crippen molar-refractivity contribution in [3.05, 3.63) is 70.3 Å². The lowest BCUT2D eigenvalue weighted by Crippen LogP contribution is -2.53. The predicted molar refractivity (Wildman–Crippen MR) is 105 cm³/mol. The van der Waals surface area contributed by atoms with E-state index in [1.54, 1.807) is 12.1 Å². The van der Waals surface area contributed by atoms with Gasteiger partial charge in [0.25, 0.3) is 5.69 Å². The molecule has 146 valence electrons. The Hall–Kier alpha value is -2.77. The number of aliphatic hydroxyl groups is 1. The van der Waals surface area contributed by atoms with Crippen molar-refractivity contribution in [3.8, 4) is 0 Å². The maximum Gasteiger partial charge on any atom is 0.269 e. The van der Waals surface area contributed by atoms with Gasteiger partial charge < -0.3 is 5.11 Å². The van der Waals surface area contributed by atoms with Gasteiger partial charge in [-0.25, -0.2) is 0 Å². The van der Waals surface area contributed by atoms with Crippen LogP contribution in [0.2, 0.25) is 0 Å². The fourth-order valence-corrected chi connectivity index (χ4v) is 4.61. The molecular formula is C21H23N3O4. The number of anilines is 1. The molecule has 2 aromatic rings. The van der Waals surface area contributed by atoms with E-state index in [0.29, 0.717) is 12.0 Å². The molecule has 2 aromatic carbocycles. The summed E-state index contributed by atoms with van der Waals surface area (Å²) >= 11 is 0. The average Bonchev–Trinajstić information content (AvgIpc) is 3.26. The van der Waals surface area contributed by atoms with Crippen LogP contribution >= 0.6 is 0 Å². The Morgan fingerprint density at radius 3 is 2.54 bits per heavy atom. The molecule has 0 radical (unpaired) electrons. The Kier molecular flexibility index (Phi) is 4.64. The lowest BCUT2D eigenvalue weighted by Gasteiger charge is -2.41. The van der Waals surface area contributed by atoms with E-state index in [2.05, 4.69) is 4.90 Å². The van der Waals surface area contributed by atoms with E-state index in [0.717, 1.165) is 25.1 Å². The van der Waals surface area contributed by atoms with Crippen LogP contribution in [0.5, 0.6) is 0 Å². The van der Waals surface area contributed by atoms with Gasteiger partial charge in [-0.05, 0) is 49.6 Å². The number of aliphatic hydroxyl groups excluding tert-OH is 1. The molecule has 3 atom stereocenters. The Labute approximate surface area is 163 Å². The number of carbonyl (C=O) groups excluding carboxylic acids is 1. The number of nitro benzene ring substituents is 1. The SMILES string of the molecule is CC1(CC(O)c2ccc([N+](=O)[O-])cc2)N(c2ccccc2)C(=O)[C@@H]2CCCN21. The van der Waals surface area contributed by atoms with Gasteiger partial charge in [-0.15, -0.1) is 0 Å². The topological polar surface area (TPSA) is 86.9 Å². The lowest BCUT2D eigenvalue weighted by molar-refractivity contribution is -0.384. The summed E-state index contributed by atoms with van der Waals surface area (Å²) in [5.41, 5.74) is 0.750. The van der Waals surface area contributed by atoms with E-state index in [9.17, 15) is 20.0 Å². The zero-order valence-electron chi connectivity index (χ0n) is 15.7. The molecule has 7 heteroatoms. The van der Waals surface area contributed by atoms with Gasteiger partial charge in [-0.3, -0.25) is 24.7 Å². The molecule has 0 saturated carbocycles. The summed E-state index contributed by atoms with van der Waals surface area (Å²) in [6.07, 6.45) is 1.26. The number of amides is 1. The standard InChI is InChI=1S/C21H23N3O4/c1-21(14-19(25)15-9-11-17(12-10-15)24(27)28)22-13-5-8-18(22)20(26)23(21)16-6-3-2-4-7-16/h2-4,6-7,9-12,18-19,25H,5,8,13-14H2,1H3/t18-,19?,21?/m0/s1. The summed E-state index contributed by atoms with van der Waals surface area (Å²) in [6, 6.07) is 15.3. The molecule has 1 amide bonds. The summed E-state index contributed by atoms with van der Waals surface area (Å²) in [7, 11) is 0. The van der Waals surface area contributed by atoms with Crippen LogP contribution in [0, 0.1) is 10.1 Å². The smallest absolute Gasteiger partial charge is 0.269 e. The van der Waals surface area contributed by atoms with Crippen molar-refractivity contribution in [2.75, 3.05) is 11.4 Å². The summed E-state index contributed by atoms with van der Waals surface area (Å²) in [5.74, 6) is 0.0714. The number of para-hydroxylation sites is 1. The number of hydrogen-bond acceptors (Lipinski definition) is 5. The second kappa shape index (κ2) is 7.00. The second-order valence-electron chi connectivity index (χ2n) is 7.65. The van der Waals surface area contributed by atoms with Gasteiger partial charge in [0.1, 0.15) is 5.66 Å². The number of nitrogens with zero attached hydrogens (tertiary/aromatic N) is 3. The van der Waals surface area contributed by atoms with Crippen molar-refractivity contribution in [2.24, 2.45) is 0 Å². The van der Waals surface area contributed by atoms with Gasteiger partial charge in [0.05, 0.1) is 17.1 Å². The van der Waals surface area contributed by atoms with Crippen molar-refractivity contribution in [2.45, 2.75) is 44.0 Å². The number of benzene rings is 2. The highest BCUT2D eigenvalue weighted by atomic mass is 16.6. The fourth-order valence-electron chi connectivity index (χ4n) is 4.61. The minimum atomic E-state index is -0.843. The highest BCUT2D eigenvalue weighted by Gasteiger charge is 2.56. The summed E-state index contributed by atoms with van der Waals surface area (Å²) in [5, 5.41) is 21.8. The van der Waals surface area contributed by atoms with Crippen molar-refractivity contribution in [1.82, 2.24) is 4.90 Å². The van der Waals surface area contributed by atoms with Gasteiger partial charge in [-0.2, -0.15) is 0 Å². The Balaban J connectivity index is 1.66. The predicted octanol–water partition coefficient (Wildman–Crippen LogP) is 3.25. The first kappa shape index (κ1) is 18.6. The van der Waals surface area contributed by atoms with Crippen LogP contribution in [-0.4, -0.2) is 39.1 Å². The molecule has 2 saturated heterocycles. The molecule has 2 heterocycles. The number of nitro groups is 1. The third-order valence-corrected chi connectivity index (χ3v) is 5.94. The molecule has 0 aliphatic carbocycles. The van der Waals surface area contributed by atoms with Crippen LogP contribution < -0.4 is 4.90 Å². The molecule has 1 N–H and O–H groups in total. The monoisotopic (exact) mass is 381 g/mol. The number of fused-ring (bicyclic) bond motifs is 1. The number of non-ortho nitro benzene ring substituents is 1. The minimum absolute atomic E-state index is 0.0104. The normalized spacial score (nSPS) is 25.7. The first-order valence-corrected chi connectivity index (χ1v) is 9.50. The van der Waals surface area contributed by atoms with Crippen molar-refractivity contribution in [1.29, 1.82) is 0 Å². The van der Waals surface area contributed by atoms with Crippen LogP contribution in [0.25, 0.3) is 0 Å². The Morgan fingerprint density at radius 2 is 1.89 bits per heavy atom. The largest absolute Gasteiger partial charge is 0.388 e. The summed E-state index contributed by atoms with van der Waals surface area (Å²) < 4.78 is 0. The van der Waals surface area contributed by atoms with Crippen molar-refractivity contribution >= 4 is 17.3 Å². The maximum absolute atomic E-state index is 13.2. The number of hydrogen-bond donors (Lipinski definition) is 1. The number of carbonyl (C=O) groups is 1. The first-order chi connectivity index (χ1) is 13.4. The number of rotatable bonds is 5. The molecule has 0 spiro atoms. The average molecular weight is 381 g/mol. The van der Waals surface area contributed by atoms with Gasteiger partial charge in [0.2, 0.25) is 5.91 Å². The molecule has 28 heavy (non-hydrogen) atoms. The molecule has 2 fully saturated rings. The van der Waals surface area contributed by atoms with E-state index in [1.807, 2.05) is 42.2 Å². The van der Waals surface area contributed by atoms with E-state index < -0.39 is 16.7 Å². The van der Waals surface area contributed by atoms with Gasteiger partial charge in [0, 0.05) is 30.8 Å². The molecule has 2 aliphatic rings. The minimum Gasteiger partial charge on any atom is -0.388 e. The lowest BCUT2D eigenvalue weighted by atomic mass is 9.96. The Morgan fingerprint density at radius 1 is 1.21 bits per heavy atom. The van der Waals surface area contributed by atoms with Crippen LogP contribution in [0.3, 0.4) is 0 Å². The third kappa shape index (κ3) is 2.96. The quantitative estimate of drug-likeness (QED) is 0.635. The van der Waals surface area contributed by atoms with Gasteiger partial charge in [-0.1, -0.05) is 18.2 Å². The highest BCUT2D eigenvalue weighted by Crippen LogP contribution is 2.45. The zero-order chi connectivity index (χ0) is 19.9. The molecule has 0 bridgehead atoms. The van der Waals surface area contributed by atoms with Crippen LogP contribution in [0.4, 0.5) is 11.4 Å². The first-order valence-electron chi connectivity index (χ1n) is 9.50. The van der Waals surface area contributed by atoms with Crippen molar-refractivity contribution in [3.63, 3.8) is 0 Å². The highest BCUT2D eigenvalue weighted by molar-refractivity contribution is 6.01. The molecule has 2 unspecified atom stereocenters. The fraction of sp³-hybridized carbons (Fsp3) is 0.381. The van der Waals surface area contributed by atoms with Crippen LogP contribution in [-0.2, 0) is 4.79 Å². The maximum atomic E-state index is 13.2. The summed E-state index contributed by atoms with van der Waals surface area (Å²) in [4.78, 5) is 27.6. The molecule has 4 rings (SSSR count). The summed E-state index contributed by atoms with van der Waals surface area (Å²) in [6.45, 7) is 2.81. The molecule has 0 aromatic heterocycles. The zero-order valence-corrected chi connectivity index (χ0v) is 15.7. The van der Waals surface area contributed by atoms with E-state index in [-0.39, 0.29) is 17.6 Å². The van der Waals surface area contributed by atoms with Crippen LogP contribution in [0.1, 0.15) is 37.9 Å². The van der Waals surface area contributed by atoms with E-state index in [4.69, 9.17) is 0 Å². The Bertz CT molecular complexity index is 886. The second-order valence-corrected chi connectivity index (χ2v) is 7.65. The van der Waals surface area contributed by atoms with E-state index >= 15 is 0 Å². The van der Waals surface area contributed by atoms with Crippen LogP contribution in [0.15, 0.2) is 54.6 Å². The van der Waals surface area contributed by atoms with Gasteiger partial charge in [0.15, 0.2) is 0 Å². The van der Waals surface area contributed by atoms with E-state index in [1.165, 1.54) is 12.1 Å².